The molecule has 0 aliphatic rings. The van der Waals surface area contributed by atoms with Crippen LogP contribution >= 0.6 is 7.14 Å². The molecule has 0 bridgehead atoms. The Balaban J connectivity index is 4.50. The van der Waals surface area contributed by atoms with Crippen LogP contribution < -0.4 is 0 Å². The van der Waals surface area contributed by atoms with Crippen molar-refractivity contribution in [1.29, 1.82) is 0 Å². The standard InChI is InChI=1S/C9H17O2P/c1-8(2)9(3)6-12(5,10)7-11-4/h6H,1,7H2,2-5H3. The Bertz CT molecular complexity index is 241. The molecule has 0 heterocycles. The van der Waals surface area contributed by atoms with Gasteiger partial charge in [0, 0.05) is 7.11 Å². The fourth-order valence-corrected chi connectivity index (χ4v) is 2.44. The summed E-state index contributed by atoms with van der Waals surface area (Å²) in [5.74, 6) is 1.76. The summed E-state index contributed by atoms with van der Waals surface area (Å²) in [7, 11) is -0.692. The molecule has 0 saturated heterocycles. The summed E-state index contributed by atoms with van der Waals surface area (Å²) in [6.45, 7) is 9.29. The molecule has 3 heteroatoms. The molecule has 0 spiro atoms. The summed E-state index contributed by atoms with van der Waals surface area (Å²) in [6, 6.07) is 0. The lowest BCUT2D eigenvalue weighted by Crippen LogP contribution is -1.88. The zero-order chi connectivity index (χ0) is 9.78. The van der Waals surface area contributed by atoms with Crippen LogP contribution in [0.1, 0.15) is 13.8 Å². The summed E-state index contributed by atoms with van der Waals surface area (Å²) < 4.78 is 16.5. The highest BCUT2D eigenvalue weighted by Gasteiger charge is 2.11. The van der Waals surface area contributed by atoms with E-state index in [1.54, 1.807) is 19.6 Å². The second-order valence-electron chi connectivity index (χ2n) is 3.18. The zero-order valence-electron chi connectivity index (χ0n) is 8.26. The molecule has 1 atom stereocenters. The molecule has 0 saturated carbocycles. The fourth-order valence-electron chi connectivity index (χ4n) is 0.813. The van der Waals surface area contributed by atoms with Gasteiger partial charge >= 0.3 is 0 Å². The van der Waals surface area contributed by atoms with Gasteiger partial charge in [0.2, 0.25) is 0 Å². The molecular formula is C9H17O2P. The number of allylic oxidation sites excluding steroid dienone is 2. The molecule has 0 aromatic carbocycles. The highest BCUT2D eigenvalue weighted by molar-refractivity contribution is 7.66. The van der Waals surface area contributed by atoms with Crippen LogP contribution in [0.4, 0.5) is 0 Å². The second kappa shape index (κ2) is 4.64. The topological polar surface area (TPSA) is 26.3 Å². The first-order chi connectivity index (χ1) is 5.39. The SMILES string of the molecule is C=C(C)C(C)=CP(C)(=O)COC. The molecule has 0 radical (unpaired) electrons. The minimum Gasteiger partial charge on any atom is -0.377 e. The van der Waals surface area contributed by atoms with Gasteiger partial charge < -0.3 is 9.30 Å². The number of ether oxygens (including phenoxy) is 1. The normalized spacial score (nSPS) is 17.2. The summed E-state index contributed by atoms with van der Waals surface area (Å²) in [5, 5.41) is 0. The van der Waals surface area contributed by atoms with Gasteiger partial charge in [-0.2, -0.15) is 0 Å². The molecule has 0 N–H and O–H groups in total. The van der Waals surface area contributed by atoms with Crippen LogP contribution in [0.5, 0.6) is 0 Å². The summed E-state index contributed by atoms with van der Waals surface area (Å²) in [6.07, 6.45) is 0.303. The average Bonchev–Trinajstić information content (AvgIpc) is 1.85. The van der Waals surface area contributed by atoms with Crippen molar-refractivity contribution < 1.29 is 9.30 Å². The maximum absolute atomic E-state index is 11.7. The number of hydrogen-bond acceptors (Lipinski definition) is 2. The predicted molar refractivity (Wildman–Crippen MR) is 54.0 cm³/mol. The van der Waals surface area contributed by atoms with Gasteiger partial charge in [-0.05, 0) is 31.9 Å². The van der Waals surface area contributed by atoms with Crippen LogP contribution in [-0.4, -0.2) is 20.1 Å². The highest BCUT2D eigenvalue weighted by atomic mass is 31.2. The van der Waals surface area contributed by atoms with E-state index < -0.39 is 7.14 Å². The minimum absolute atomic E-state index is 0.303. The van der Waals surface area contributed by atoms with Gasteiger partial charge in [0.15, 0.2) is 0 Å². The molecule has 0 rings (SSSR count). The summed E-state index contributed by atoms with van der Waals surface area (Å²) >= 11 is 0. The highest BCUT2D eigenvalue weighted by Crippen LogP contribution is 2.44. The second-order valence-corrected chi connectivity index (χ2v) is 6.05. The van der Waals surface area contributed by atoms with Gasteiger partial charge in [0.25, 0.3) is 0 Å². The number of methoxy groups -OCH3 is 1. The first-order valence-electron chi connectivity index (χ1n) is 3.79. The van der Waals surface area contributed by atoms with E-state index in [1.807, 2.05) is 13.8 Å². The van der Waals surface area contributed by atoms with E-state index in [-0.39, 0.29) is 0 Å². The van der Waals surface area contributed by atoms with Crippen molar-refractivity contribution in [3.63, 3.8) is 0 Å². The number of hydrogen-bond donors (Lipinski definition) is 0. The molecule has 0 amide bonds. The monoisotopic (exact) mass is 188 g/mol. The Morgan fingerprint density at radius 3 is 2.42 bits per heavy atom. The Hall–Kier alpha value is -0.330. The van der Waals surface area contributed by atoms with Crippen molar-refractivity contribution in [2.24, 2.45) is 0 Å². The van der Waals surface area contributed by atoms with Gasteiger partial charge in [-0.1, -0.05) is 12.2 Å². The lowest BCUT2D eigenvalue weighted by atomic mass is 10.2. The van der Waals surface area contributed by atoms with Gasteiger partial charge in [-0.15, -0.1) is 0 Å². The third-order valence-corrected chi connectivity index (χ3v) is 3.23. The molecule has 0 fully saturated rings. The van der Waals surface area contributed by atoms with E-state index in [0.717, 1.165) is 11.1 Å². The molecule has 0 aromatic heterocycles. The van der Waals surface area contributed by atoms with Crippen molar-refractivity contribution in [3.8, 4) is 0 Å². The lowest BCUT2D eigenvalue weighted by molar-refractivity contribution is 0.250. The maximum Gasteiger partial charge on any atom is 0.130 e. The smallest absolute Gasteiger partial charge is 0.130 e. The number of rotatable bonds is 4. The van der Waals surface area contributed by atoms with Crippen LogP contribution in [-0.2, 0) is 9.30 Å². The van der Waals surface area contributed by atoms with Gasteiger partial charge in [-0.25, -0.2) is 0 Å². The van der Waals surface area contributed by atoms with Crippen molar-refractivity contribution in [3.05, 3.63) is 23.5 Å². The van der Waals surface area contributed by atoms with Crippen LogP contribution in [0.15, 0.2) is 23.5 Å². The van der Waals surface area contributed by atoms with Crippen molar-refractivity contribution in [2.75, 3.05) is 20.1 Å². The van der Waals surface area contributed by atoms with Gasteiger partial charge in [-0.3, -0.25) is 0 Å². The molecule has 0 aliphatic heterocycles. The van der Waals surface area contributed by atoms with E-state index in [9.17, 15) is 4.57 Å². The first-order valence-corrected chi connectivity index (χ1v) is 6.20. The maximum atomic E-state index is 11.7. The third-order valence-electron chi connectivity index (χ3n) is 1.53. The Morgan fingerprint density at radius 2 is 2.08 bits per heavy atom. The molecule has 0 aliphatic carbocycles. The summed E-state index contributed by atoms with van der Waals surface area (Å²) in [4.78, 5) is 0. The zero-order valence-corrected chi connectivity index (χ0v) is 9.15. The predicted octanol–water partition coefficient (Wildman–Crippen LogP) is 3.06. The quantitative estimate of drug-likeness (QED) is 0.500. The molecule has 2 nitrogen and oxygen atoms in total. The van der Waals surface area contributed by atoms with E-state index in [1.165, 1.54) is 0 Å². The van der Waals surface area contributed by atoms with Crippen LogP contribution in [0.2, 0.25) is 0 Å². The van der Waals surface area contributed by atoms with Crippen LogP contribution in [0, 0.1) is 0 Å². The molecule has 70 valence electrons. The largest absolute Gasteiger partial charge is 0.377 e. The molecular weight excluding hydrogens is 171 g/mol. The Labute approximate surface area is 74.7 Å². The molecule has 1 unspecified atom stereocenters. The van der Waals surface area contributed by atoms with Crippen molar-refractivity contribution >= 4 is 7.14 Å². The minimum atomic E-state index is -2.25. The summed E-state index contributed by atoms with van der Waals surface area (Å²) in [5.41, 5.74) is 1.94. The van der Waals surface area contributed by atoms with E-state index in [4.69, 9.17) is 4.74 Å². The average molecular weight is 188 g/mol. The van der Waals surface area contributed by atoms with Gasteiger partial charge in [0.05, 0.1) is 0 Å². The lowest BCUT2D eigenvalue weighted by Gasteiger charge is -2.08. The van der Waals surface area contributed by atoms with Crippen molar-refractivity contribution in [2.45, 2.75) is 13.8 Å². The Kier molecular flexibility index (Phi) is 4.51. The first kappa shape index (κ1) is 11.7. The van der Waals surface area contributed by atoms with Crippen LogP contribution in [0.3, 0.4) is 0 Å². The molecule has 0 aromatic rings. The van der Waals surface area contributed by atoms with Crippen molar-refractivity contribution in [1.82, 2.24) is 0 Å². The molecule has 12 heavy (non-hydrogen) atoms. The van der Waals surface area contributed by atoms with E-state index in [2.05, 4.69) is 6.58 Å². The van der Waals surface area contributed by atoms with Gasteiger partial charge in [0.1, 0.15) is 13.5 Å². The van der Waals surface area contributed by atoms with Crippen LogP contribution in [0.25, 0.3) is 0 Å². The third kappa shape index (κ3) is 4.53. The van der Waals surface area contributed by atoms with E-state index >= 15 is 0 Å². The van der Waals surface area contributed by atoms with E-state index in [0.29, 0.717) is 6.35 Å². The fraction of sp³-hybridized carbons (Fsp3) is 0.556. The Morgan fingerprint density at radius 1 is 1.58 bits per heavy atom.